The number of aryl methyl sites for hydroxylation is 1. The third kappa shape index (κ3) is 4.50. The number of amides is 2. The number of likely N-dealkylation sites (N-methyl/N-ethyl adjacent to an activating group) is 1. The zero-order valence-corrected chi connectivity index (χ0v) is 15.3. The smallest absolute Gasteiger partial charge is 0.257 e. The number of halogens is 1. The number of benzene rings is 1. The summed E-state index contributed by atoms with van der Waals surface area (Å²) in [7, 11) is 1.48. The summed E-state index contributed by atoms with van der Waals surface area (Å²) >= 11 is 0. The molecule has 0 bridgehead atoms. The first-order valence-corrected chi connectivity index (χ1v) is 8.39. The summed E-state index contributed by atoms with van der Waals surface area (Å²) in [5.74, 6) is -0.333. The molecule has 0 aliphatic carbocycles. The molecule has 0 fully saturated rings. The monoisotopic (exact) mass is 383 g/mol. The van der Waals surface area contributed by atoms with E-state index < -0.39 is 17.6 Å². The van der Waals surface area contributed by atoms with E-state index in [1.54, 1.807) is 37.3 Å². The van der Waals surface area contributed by atoms with E-state index in [9.17, 15) is 14.0 Å². The molecule has 3 rings (SSSR count). The van der Waals surface area contributed by atoms with Gasteiger partial charge in [-0.2, -0.15) is 0 Å². The molecule has 28 heavy (non-hydrogen) atoms. The number of anilines is 3. The normalized spacial score (nSPS) is 10.4. The number of aromatic nitrogens is 2. The van der Waals surface area contributed by atoms with Gasteiger partial charge in [-0.1, -0.05) is 17.3 Å². The highest BCUT2D eigenvalue weighted by molar-refractivity contribution is 6.02. The van der Waals surface area contributed by atoms with E-state index in [0.29, 0.717) is 5.76 Å². The Morgan fingerprint density at radius 3 is 2.71 bits per heavy atom. The SMILES string of the molecule is Cc1cc(NC(=O)CN(C)C(=O)c2cccnc2Nc2ccccc2F)no1. The van der Waals surface area contributed by atoms with Crippen LogP contribution >= 0.6 is 0 Å². The van der Waals surface area contributed by atoms with Gasteiger partial charge < -0.3 is 20.1 Å². The fourth-order valence-corrected chi connectivity index (χ4v) is 2.47. The van der Waals surface area contributed by atoms with Gasteiger partial charge in [0.1, 0.15) is 17.4 Å². The molecule has 0 aliphatic heterocycles. The minimum atomic E-state index is -0.470. The van der Waals surface area contributed by atoms with Crippen LogP contribution in [0.5, 0.6) is 0 Å². The van der Waals surface area contributed by atoms with Crippen molar-refractivity contribution in [1.29, 1.82) is 0 Å². The largest absolute Gasteiger partial charge is 0.360 e. The van der Waals surface area contributed by atoms with E-state index in [-0.39, 0.29) is 29.4 Å². The molecule has 0 unspecified atom stereocenters. The Hall–Kier alpha value is -3.75. The van der Waals surface area contributed by atoms with E-state index >= 15 is 0 Å². The number of para-hydroxylation sites is 1. The van der Waals surface area contributed by atoms with Crippen LogP contribution in [0.2, 0.25) is 0 Å². The van der Waals surface area contributed by atoms with Gasteiger partial charge in [-0.05, 0) is 31.2 Å². The van der Waals surface area contributed by atoms with Crippen molar-refractivity contribution in [2.75, 3.05) is 24.2 Å². The Balaban J connectivity index is 1.71. The molecule has 9 heteroatoms. The Labute approximate surface area is 160 Å². The maximum atomic E-state index is 13.9. The molecule has 0 saturated heterocycles. The van der Waals surface area contributed by atoms with Crippen molar-refractivity contribution in [3.63, 3.8) is 0 Å². The van der Waals surface area contributed by atoms with Crippen LogP contribution < -0.4 is 10.6 Å². The highest BCUT2D eigenvalue weighted by Crippen LogP contribution is 2.21. The standard InChI is InChI=1S/C19H18FN5O3/c1-12-10-16(24-28-12)23-17(26)11-25(2)19(27)13-6-5-9-21-18(13)22-15-8-4-3-7-14(15)20/h3-10H,11H2,1-2H3,(H,21,22)(H,23,24,26). The molecule has 0 spiro atoms. The molecule has 2 amide bonds. The van der Waals surface area contributed by atoms with E-state index in [1.165, 1.54) is 30.3 Å². The quantitative estimate of drug-likeness (QED) is 0.679. The lowest BCUT2D eigenvalue weighted by molar-refractivity contribution is -0.116. The van der Waals surface area contributed by atoms with Crippen molar-refractivity contribution in [2.24, 2.45) is 0 Å². The maximum absolute atomic E-state index is 13.9. The van der Waals surface area contributed by atoms with Crippen molar-refractivity contribution in [3.05, 3.63) is 65.8 Å². The van der Waals surface area contributed by atoms with Crippen LogP contribution in [0.25, 0.3) is 0 Å². The highest BCUT2D eigenvalue weighted by Gasteiger charge is 2.20. The van der Waals surface area contributed by atoms with Crippen LogP contribution in [-0.4, -0.2) is 40.4 Å². The maximum Gasteiger partial charge on any atom is 0.257 e. The first-order valence-electron chi connectivity index (χ1n) is 8.39. The van der Waals surface area contributed by atoms with Gasteiger partial charge in [0, 0.05) is 19.3 Å². The van der Waals surface area contributed by atoms with Gasteiger partial charge in [-0.3, -0.25) is 9.59 Å². The number of hydrogen-bond donors (Lipinski definition) is 2. The van der Waals surface area contributed by atoms with Gasteiger partial charge >= 0.3 is 0 Å². The molecule has 1 aromatic carbocycles. The summed E-state index contributed by atoms with van der Waals surface area (Å²) in [6, 6.07) is 10.8. The minimum absolute atomic E-state index is 0.192. The van der Waals surface area contributed by atoms with Gasteiger partial charge in [-0.25, -0.2) is 9.37 Å². The topological polar surface area (TPSA) is 100 Å². The summed E-state index contributed by atoms with van der Waals surface area (Å²) < 4.78 is 18.8. The molecule has 2 N–H and O–H groups in total. The number of carbonyl (C=O) groups excluding carboxylic acids is 2. The zero-order valence-electron chi connectivity index (χ0n) is 15.3. The zero-order chi connectivity index (χ0) is 20.1. The highest BCUT2D eigenvalue weighted by atomic mass is 19.1. The summed E-state index contributed by atoms with van der Waals surface area (Å²) in [5.41, 5.74) is 0.399. The Morgan fingerprint density at radius 2 is 2.00 bits per heavy atom. The van der Waals surface area contributed by atoms with Crippen LogP contribution in [0.1, 0.15) is 16.1 Å². The predicted molar refractivity (Wildman–Crippen MR) is 101 cm³/mol. The molecule has 0 atom stereocenters. The molecule has 2 heterocycles. The first kappa shape index (κ1) is 19.0. The number of nitrogens with one attached hydrogen (secondary N) is 2. The van der Waals surface area contributed by atoms with Crippen molar-refractivity contribution in [2.45, 2.75) is 6.92 Å². The summed E-state index contributed by atoms with van der Waals surface area (Å²) in [6.07, 6.45) is 1.49. The van der Waals surface area contributed by atoms with Crippen LogP contribution in [0, 0.1) is 12.7 Å². The van der Waals surface area contributed by atoms with Crippen LogP contribution in [0.4, 0.5) is 21.7 Å². The van der Waals surface area contributed by atoms with Crippen molar-refractivity contribution in [3.8, 4) is 0 Å². The Bertz CT molecular complexity index is 1000. The van der Waals surface area contributed by atoms with Crippen LogP contribution in [0.3, 0.4) is 0 Å². The fraction of sp³-hybridized carbons (Fsp3) is 0.158. The number of rotatable bonds is 6. The Kier molecular flexibility index (Phi) is 5.64. The van der Waals surface area contributed by atoms with Crippen LogP contribution in [0.15, 0.2) is 53.2 Å². The fourth-order valence-electron chi connectivity index (χ4n) is 2.47. The van der Waals surface area contributed by atoms with Gasteiger partial charge in [0.25, 0.3) is 5.91 Å². The molecule has 0 radical (unpaired) electrons. The van der Waals surface area contributed by atoms with Crippen molar-refractivity contribution in [1.82, 2.24) is 15.0 Å². The number of pyridine rings is 1. The average molecular weight is 383 g/mol. The summed E-state index contributed by atoms with van der Waals surface area (Å²) in [4.78, 5) is 30.2. The van der Waals surface area contributed by atoms with Gasteiger partial charge in [0.2, 0.25) is 5.91 Å². The average Bonchev–Trinajstić information content (AvgIpc) is 3.08. The summed E-state index contributed by atoms with van der Waals surface area (Å²) in [6.45, 7) is 1.49. The minimum Gasteiger partial charge on any atom is -0.360 e. The third-order valence-corrected chi connectivity index (χ3v) is 3.79. The van der Waals surface area contributed by atoms with E-state index in [0.717, 1.165) is 0 Å². The molecule has 0 saturated carbocycles. The predicted octanol–water partition coefficient (Wildman–Crippen LogP) is 2.97. The second kappa shape index (κ2) is 8.30. The Morgan fingerprint density at radius 1 is 1.21 bits per heavy atom. The van der Waals surface area contributed by atoms with Gasteiger partial charge in [0.05, 0.1) is 17.8 Å². The van der Waals surface area contributed by atoms with E-state index in [1.807, 2.05) is 0 Å². The lowest BCUT2D eigenvalue weighted by atomic mass is 10.2. The third-order valence-electron chi connectivity index (χ3n) is 3.79. The molecular formula is C19H18FN5O3. The summed E-state index contributed by atoms with van der Waals surface area (Å²) in [5, 5.41) is 9.03. The van der Waals surface area contributed by atoms with E-state index in [2.05, 4.69) is 20.8 Å². The lowest BCUT2D eigenvalue weighted by Gasteiger charge is -2.18. The number of carbonyl (C=O) groups is 2. The molecule has 144 valence electrons. The molecular weight excluding hydrogens is 365 g/mol. The molecule has 2 aromatic heterocycles. The van der Waals surface area contributed by atoms with Gasteiger partial charge in [0.15, 0.2) is 5.82 Å². The number of nitrogens with zero attached hydrogens (tertiary/aromatic N) is 3. The molecule has 8 nitrogen and oxygen atoms in total. The second-order valence-corrected chi connectivity index (χ2v) is 6.04. The van der Waals surface area contributed by atoms with Crippen molar-refractivity contribution >= 4 is 29.1 Å². The first-order chi connectivity index (χ1) is 13.4. The van der Waals surface area contributed by atoms with Crippen LogP contribution in [-0.2, 0) is 4.79 Å². The van der Waals surface area contributed by atoms with Crippen molar-refractivity contribution < 1.29 is 18.5 Å². The van der Waals surface area contributed by atoms with Gasteiger partial charge in [-0.15, -0.1) is 0 Å². The molecule has 0 aliphatic rings. The second-order valence-electron chi connectivity index (χ2n) is 6.04. The lowest BCUT2D eigenvalue weighted by Crippen LogP contribution is -2.35. The van der Waals surface area contributed by atoms with E-state index in [4.69, 9.17) is 4.52 Å². The number of hydrogen-bond acceptors (Lipinski definition) is 6. The molecule has 3 aromatic rings.